The number of fused-ring (bicyclic) bond motifs is 2. The number of halogens is 1. The Kier molecular flexibility index (Phi) is 3.96. The number of amides is 1. The zero-order chi connectivity index (χ0) is 18.7. The molecule has 4 aromatic rings. The molecule has 1 aliphatic heterocycles. The van der Waals surface area contributed by atoms with Gasteiger partial charge in [-0.25, -0.2) is 4.98 Å². The molecule has 1 N–H and O–H groups in total. The molecule has 5 rings (SSSR count). The zero-order valence-electron chi connectivity index (χ0n) is 14.6. The summed E-state index contributed by atoms with van der Waals surface area (Å²) in [6.45, 7) is 4.07. The van der Waals surface area contributed by atoms with E-state index in [2.05, 4.69) is 46.4 Å². The molecule has 3 aromatic heterocycles. The lowest BCUT2D eigenvalue weighted by atomic mass is 9.91. The zero-order valence-corrected chi connectivity index (χ0v) is 17.8. The maximum Gasteiger partial charge on any atom is 0.226 e. The fourth-order valence-corrected chi connectivity index (χ4v) is 6.11. The molecule has 0 saturated carbocycles. The number of hydrogen-bond acceptors (Lipinski definition) is 5. The molecule has 4 heterocycles. The van der Waals surface area contributed by atoms with Gasteiger partial charge >= 0.3 is 0 Å². The molecule has 0 radical (unpaired) electrons. The number of carbonyl (C=O) groups is 1. The van der Waals surface area contributed by atoms with Gasteiger partial charge in [0.15, 0.2) is 0 Å². The fourth-order valence-electron chi connectivity index (χ4n) is 3.55. The minimum Gasteiger partial charge on any atom is -0.310 e. The number of aryl methyl sites for hydroxylation is 2. The van der Waals surface area contributed by atoms with Gasteiger partial charge in [-0.1, -0.05) is 17.4 Å². The summed E-state index contributed by atoms with van der Waals surface area (Å²) in [6.07, 6.45) is 0.436. The average Bonchev–Trinajstić information content (AvgIpc) is 3.31. The topological polar surface area (TPSA) is 59.8 Å². The van der Waals surface area contributed by atoms with Crippen LogP contribution in [0.4, 0.5) is 5.82 Å². The van der Waals surface area contributed by atoms with E-state index in [9.17, 15) is 4.79 Å². The Morgan fingerprint density at radius 2 is 2.07 bits per heavy atom. The first-order chi connectivity index (χ1) is 13.0. The summed E-state index contributed by atoms with van der Waals surface area (Å²) in [5.74, 6) is 0.777. The Bertz CT molecular complexity index is 1210. The monoisotopic (exact) mass is 458 g/mol. The van der Waals surface area contributed by atoms with Gasteiger partial charge in [-0.05, 0) is 59.6 Å². The quantitative estimate of drug-likeness (QED) is 0.437. The van der Waals surface area contributed by atoms with Crippen molar-refractivity contribution in [3.63, 3.8) is 0 Å². The lowest BCUT2D eigenvalue weighted by molar-refractivity contribution is -0.116. The molecule has 0 bridgehead atoms. The third-order valence-corrected chi connectivity index (χ3v) is 7.48. The number of benzene rings is 1. The first kappa shape index (κ1) is 17.1. The molecule has 8 heteroatoms. The average molecular weight is 459 g/mol. The number of hydrogen-bond donors (Lipinski definition) is 1. The highest BCUT2D eigenvalue weighted by Crippen LogP contribution is 2.43. The highest BCUT2D eigenvalue weighted by molar-refractivity contribution is 9.11. The van der Waals surface area contributed by atoms with Crippen LogP contribution in [0.15, 0.2) is 34.1 Å². The van der Waals surface area contributed by atoms with E-state index in [1.807, 2.05) is 19.1 Å². The summed E-state index contributed by atoms with van der Waals surface area (Å²) in [5, 5.41) is 8.54. The van der Waals surface area contributed by atoms with Crippen LogP contribution in [0.2, 0.25) is 0 Å². The second kappa shape index (κ2) is 6.25. The summed E-state index contributed by atoms with van der Waals surface area (Å²) in [6, 6.07) is 10.3. The summed E-state index contributed by atoms with van der Waals surface area (Å²) in [4.78, 5) is 18.4. The van der Waals surface area contributed by atoms with Crippen molar-refractivity contribution in [3.8, 4) is 5.13 Å². The van der Waals surface area contributed by atoms with Gasteiger partial charge in [-0.2, -0.15) is 9.78 Å². The maximum absolute atomic E-state index is 12.4. The second-order valence-corrected chi connectivity index (χ2v) is 10.2. The Morgan fingerprint density at radius 3 is 2.85 bits per heavy atom. The Morgan fingerprint density at radius 1 is 1.22 bits per heavy atom. The highest BCUT2D eigenvalue weighted by atomic mass is 79.9. The molecule has 0 saturated heterocycles. The summed E-state index contributed by atoms with van der Waals surface area (Å²) < 4.78 is 3.97. The Labute approximate surface area is 172 Å². The van der Waals surface area contributed by atoms with Crippen LogP contribution in [0.5, 0.6) is 0 Å². The van der Waals surface area contributed by atoms with Gasteiger partial charge in [0, 0.05) is 22.8 Å². The van der Waals surface area contributed by atoms with E-state index in [0.29, 0.717) is 6.42 Å². The van der Waals surface area contributed by atoms with Gasteiger partial charge in [-0.15, -0.1) is 11.3 Å². The van der Waals surface area contributed by atoms with Gasteiger partial charge < -0.3 is 5.32 Å². The molecular weight excluding hydrogens is 444 g/mol. The lowest BCUT2D eigenvalue weighted by Crippen LogP contribution is -2.24. The normalized spacial score (nSPS) is 16.6. The third-order valence-electron chi connectivity index (χ3n) is 4.75. The Hall–Kier alpha value is -2.03. The molecule has 1 aliphatic rings. The molecule has 1 atom stereocenters. The van der Waals surface area contributed by atoms with E-state index in [4.69, 9.17) is 10.1 Å². The van der Waals surface area contributed by atoms with Gasteiger partial charge in [0.2, 0.25) is 11.0 Å². The van der Waals surface area contributed by atoms with Crippen LogP contribution >= 0.6 is 38.6 Å². The van der Waals surface area contributed by atoms with Gasteiger partial charge in [0.1, 0.15) is 5.82 Å². The van der Waals surface area contributed by atoms with E-state index in [1.54, 1.807) is 27.4 Å². The predicted molar refractivity (Wildman–Crippen MR) is 113 cm³/mol. The molecule has 27 heavy (non-hydrogen) atoms. The molecule has 136 valence electrons. The maximum atomic E-state index is 12.4. The minimum absolute atomic E-state index is 0.00938. The van der Waals surface area contributed by atoms with Gasteiger partial charge in [0.25, 0.3) is 0 Å². The van der Waals surface area contributed by atoms with Crippen LogP contribution in [0.25, 0.3) is 15.3 Å². The van der Waals surface area contributed by atoms with E-state index in [-0.39, 0.29) is 11.8 Å². The second-order valence-electron chi connectivity index (χ2n) is 6.67. The van der Waals surface area contributed by atoms with Crippen molar-refractivity contribution >= 4 is 60.5 Å². The molecule has 0 spiro atoms. The molecule has 1 aromatic carbocycles. The van der Waals surface area contributed by atoms with Crippen molar-refractivity contribution in [1.29, 1.82) is 0 Å². The summed E-state index contributed by atoms with van der Waals surface area (Å²) in [5.41, 5.74) is 4.16. The molecule has 1 amide bonds. The molecule has 5 nitrogen and oxygen atoms in total. The van der Waals surface area contributed by atoms with Crippen LogP contribution in [-0.2, 0) is 4.79 Å². The minimum atomic E-state index is 0.00938. The van der Waals surface area contributed by atoms with Crippen LogP contribution in [0, 0.1) is 13.8 Å². The number of thiophene rings is 1. The van der Waals surface area contributed by atoms with E-state index in [1.165, 1.54) is 10.4 Å². The first-order valence-electron chi connectivity index (χ1n) is 8.52. The number of thiazole rings is 1. The van der Waals surface area contributed by atoms with Crippen molar-refractivity contribution in [2.45, 2.75) is 26.2 Å². The number of nitrogens with one attached hydrogen (secondary N) is 1. The smallest absolute Gasteiger partial charge is 0.226 e. The van der Waals surface area contributed by atoms with Crippen LogP contribution in [-0.4, -0.2) is 20.7 Å². The van der Waals surface area contributed by atoms with E-state index < -0.39 is 0 Å². The van der Waals surface area contributed by atoms with Crippen molar-refractivity contribution in [2.75, 3.05) is 5.32 Å². The lowest BCUT2D eigenvalue weighted by Gasteiger charge is -2.22. The predicted octanol–water partition coefficient (Wildman–Crippen LogP) is 5.40. The SMILES string of the molecule is Cc1ccc2nc(-n3nc(C)c4c3NC(=O)CC4c3ccc(Br)s3)sc2c1. The van der Waals surface area contributed by atoms with Crippen LogP contribution in [0.1, 0.15) is 34.0 Å². The summed E-state index contributed by atoms with van der Waals surface area (Å²) in [7, 11) is 0. The standard InChI is InChI=1S/C19H15BrN4OS2/c1-9-3-4-12-14(7-9)27-19(21-12)24-18-17(10(2)23-24)11(8-16(25)22-18)13-5-6-15(20)26-13/h3-7,11H,8H2,1-2H3,(H,22,25). The number of aromatic nitrogens is 3. The van der Waals surface area contributed by atoms with E-state index in [0.717, 1.165) is 36.2 Å². The summed E-state index contributed by atoms with van der Waals surface area (Å²) >= 11 is 6.78. The van der Waals surface area contributed by atoms with Crippen LogP contribution < -0.4 is 5.32 Å². The van der Waals surface area contributed by atoms with Crippen molar-refractivity contribution in [2.24, 2.45) is 0 Å². The van der Waals surface area contributed by atoms with Crippen molar-refractivity contribution in [3.05, 3.63) is 55.8 Å². The largest absolute Gasteiger partial charge is 0.310 e. The van der Waals surface area contributed by atoms with E-state index >= 15 is 0 Å². The van der Waals surface area contributed by atoms with Gasteiger partial charge in [0.05, 0.1) is 19.7 Å². The first-order valence-corrected chi connectivity index (χ1v) is 10.9. The third kappa shape index (κ3) is 2.83. The molecular formula is C19H15BrN4OS2. The van der Waals surface area contributed by atoms with Gasteiger partial charge in [-0.3, -0.25) is 4.79 Å². The number of nitrogens with zero attached hydrogens (tertiary/aromatic N) is 3. The molecule has 0 aliphatic carbocycles. The molecule has 0 fully saturated rings. The molecule has 1 unspecified atom stereocenters. The number of carbonyl (C=O) groups excluding carboxylic acids is 1. The fraction of sp³-hybridized carbons (Fsp3) is 0.211. The number of rotatable bonds is 2. The number of anilines is 1. The van der Waals surface area contributed by atoms with Crippen LogP contribution in [0.3, 0.4) is 0 Å². The van der Waals surface area contributed by atoms with Crippen molar-refractivity contribution < 1.29 is 4.79 Å². The Balaban J connectivity index is 1.68. The highest BCUT2D eigenvalue weighted by Gasteiger charge is 2.34. The van der Waals surface area contributed by atoms with Crippen molar-refractivity contribution in [1.82, 2.24) is 14.8 Å².